The number of rotatable bonds is 4. The van der Waals surface area contributed by atoms with Crippen molar-refractivity contribution < 1.29 is 9.63 Å². The summed E-state index contributed by atoms with van der Waals surface area (Å²) in [5, 5.41) is 1.23. The average molecular weight is 277 g/mol. The highest BCUT2D eigenvalue weighted by Crippen LogP contribution is 2.33. The summed E-state index contributed by atoms with van der Waals surface area (Å²) >= 11 is 1.57. The number of hydroxylamine groups is 2. The largest absolute Gasteiger partial charge is 0.295 e. The quantitative estimate of drug-likeness (QED) is 0.806. The van der Waals surface area contributed by atoms with Crippen molar-refractivity contribution in [3.05, 3.63) is 29.2 Å². The van der Waals surface area contributed by atoms with Crippen molar-refractivity contribution in [1.29, 1.82) is 0 Å². The predicted octanol–water partition coefficient (Wildman–Crippen LogP) is 2.45. The summed E-state index contributed by atoms with van der Waals surface area (Å²) in [6.45, 7) is 0. The van der Waals surface area contributed by atoms with Crippen LogP contribution < -0.4 is 0 Å². The lowest BCUT2D eigenvalue weighted by molar-refractivity contribution is -0.0761. The molecular formula is C13H15N3O2S. The van der Waals surface area contributed by atoms with Crippen LogP contribution in [-0.4, -0.2) is 34.5 Å². The monoisotopic (exact) mass is 277 g/mol. The van der Waals surface area contributed by atoms with Gasteiger partial charge in [-0.3, -0.25) is 14.0 Å². The first-order valence-corrected chi connectivity index (χ1v) is 6.97. The second kappa shape index (κ2) is 4.79. The second-order valence-electron chi connectivity index (χ2n) is 4.60. The van der Waals surface area contributed by atoms with Crippen LogP contribution in [0.2, 0.25) is 0 Å². The van der Waals surface area contributed by atoms with Gasteiger partial charge in [-0.1, -0.05) is 6.08 Å². The van der Waals surface area contributed by atoms with Crippen LogP contribution >= 0.6 is 11.3 Å². The molecule has 0 radical (unpaired) electrons. The molecule has 1 fully saturated rings. The van der Waals surface area contributed by atoms with Gasteiger partial charge in [0.25, 0.3) is 5.91 Å². The van der Waals surface area contributed by atoms with Gasteiger partial charge in [0.1, 0.15) is 16.9 Å². The number of hydrogen-bond acceptors (Lipinski definition) is 4. The number of aromatic nitrogens is 2. The van der Waals surface area contributed by atoms with Gasteiger partial charge in [-0.25, -0.2) is 10.0 Å². The molecule has 0 bridgehead atoms. The smallest absolute Gasteiger partial charge is 0.284 e. The molecule has 2 aromatic rings. The van der Waals surface area contributed by atoms with E-state index >= 15 is 0 Å². The molecule has 2 heterocycles. The summed E-state index contributed by atoms with van der Waals surface area (Å²) in [7, 11) is 3.09. The fraction of sp³-hybridized carbons (Fsp3) is 0.385. The molecule has 0 spiro atoms. The van der Waals surface area contributed by atoms with Gasteiger partial charge in [-0.05, 0) is 24.8 Å². The van der Waals surface area contributed by atoms with Crippen LogP contribution in [0.25, 0.3) is 10.9 Å². The maximum absolute atomic E-state index is 12.4. The van der Waals surface area contributed by atoms with Crippen LogP contribution in [0.4, 0.5) is 0 Å². The number of thiazole rings is 1. The summed E-state index contributed by atoms with van der Waals surface area (Å²) in [5.41, 5.74) is 0.610. The van der Waals surface area contributed by atoms with Crippen molar-refractivity contribution in [3.8, 4) is 0 Å². The Balaban J connectivity index is 2.04. The van der Waals surface area contributed by atoms with Gasteiger partial charge in [0.15, 0.2) is 0 Å². The Hall–Kier alpha value is -1.66. The molecule has 1 amide bonds. The molecule has 0 N–H and O–H groups in total. The third-order valence-corrected chi connectivity index (χ3v) is 4.26. The first-order valence-electron chi connectivity index (χ1n) is 6.16. The van der Waals surface area contributed by atoms with Crippen LogP contribution in [0.1, 0.15) is 28.2 Å². The van der Waals surface area contributed by atoms with E-state index in [4.69, 9.17) is 4.84 Å². The SMILES string of the molecule is CON(C)C(=O)c1c(/C=C/C2CC2)sc2cncn12. The van der Waals surface area contributed by atoms with Gasteiger partial charge in [0.05, 0.1) is 18.2 Å². The van der Waals surface area contributed by atoms with Crippen molar-refractivity contribution in [3.63, 3.8) is 0 Å². The van der Waals surface area contributed by atoms with Gasteiger partial charge < -0.3 is 0 Å². The summed E-state index contributed by atoms with van der Waals surface area (Å²) in [6.07, 6.45) is 10.2. The van der Waals surface area contributed by atoms with Crippen LogP contribution in [0.15, 0.2) is 18.6 Å². The highest BCUT2D eigenvalue weighted by molar-refractivity contribution is 7.18. The Morgan fingerprint density at radius 3 is 3.11 bits per heavy atom. The van der Waals surface area contributed by atoms with Crippen molar-refractivity contribution in [2.45, 2.75) is 12.8 Å². The minimum atomic E-state index is -0.165. The zero-order chi connectivity index (χ0) is 13.4. The maximum atomic E-state index is 12.4. The zero-order valence-electron chi connectivity index (χ0n) is 10.9. The zero-order valence-corrected chi connectivity index (χ0v) is 11.7. The molecule has 0 aromatic carbocycles. The Morgan fingerprint density at radius 2 is 2.42 bits per heavy atom. The molecule has 1 aliphatic rings. The van der Waals surface area contributed by atoms with Crippen molar-refractivity contribution in [1.82, 2.24) is 14.4 Å². The van der Waals surface area contributed by atoms with Crippen LogP contribution in [0.3, 0.4) is 0 Å². The van der Waals surface area contributed by atoms with Gasteiger partial charge in [-0.2, -0.15) is 0 Å². The molecule has 0 atom stereocenters. The van der Waals surface area contributed by atoms with Crippen molar-refractivity contribution >= 4 is 28.2 Å². The summed E-state index contributed by atoms with van der Waals surface area (Å²) < 4.78 is 1.81. The van der Waals surface area contributed by atoms with Crippen molar-refractivity contribution in [2.24, 2.45) is 5.92 Å². The number of hydrogen-bond donors (Lipinski definition) is 0. The number of allylic oxidation sites excluding steroid dienone is 1. The van der Waals surface area contributed by atoms with Crippen LogP contribution in [-0.2, 0) is 4.84 Å². The fourth-order valence-corrected chi connectivity index (χ4v) is 2.88. The van der Waals surface area contributed by atoms with E-state index in [0.717, 1.165) is 9.71 Å². The Bertz CT molecular complexity index is 639. The highest BCUT2D eigenvalue weighted by Gasteiger charge is 2.23. The van der Waals surface area contributed by atoms with E-state index in [-0.39, 0.29) is 5.91 Å². The Kier molecular flexibility index (Phi) is 3.12. The highest BCUT2D eigenvalue weighted by atomic mass is 32.1. The van der Waals surface area contributed by atoms with Gasteiger partial charge in [0, 0.05) is 7.05 Å². The normalized spacial score (nSPS) is 15.5. The molecule has 6 heteroatoms. The van der Waals surface area contributed by atoms with E-state index in [1.54, 1.807) is 30.9 Å². The lowest BCUT2D eigenvalue weighted by Crippen LogP contribution is -2.27. The topological polar surface area (TPSA) is 46.8 Å². The first-order chi connectivity index (χ1) is 9.20. The molecule has 2 aromatic heterocycles. The average Bonchev–Trinajstić information content (AvgIpc) is 3.03. The summed E-state index contributed by atoms with van der Waals surface area (Å²) in [5.74, 6) is 0.518. The van der Waals surface area contributed by atoms with Crippen LogP contribution in [0, 0.1) is 5.92 Å². The van der Waals surface area contributed by atoms with Crippen molar-refractivity contribution in [2.75, 3.05) is 14.2 Å². The first kappa shape index (κ1) is 12.4. The molecule has 3 rings (SSSR count). The molecule has 0 saturated heterocycles. The van der Waals surface area contributed by atoms with E-state index in [9.17, 15) is 4.79 Å². The number of carbonyl (C=O) groups is 1. The number of carbonyl (C=O) groups excluding carboxylic acids is 1. The third-order valence-electron chi connectivity index (χ3n) is 3.20. The van der Waals surface area contributed by atoms with E-state index in [2.05, 4.69) is 11.1 Å². The fourth-order valence-electron chi connectivity index (χ4n) is 1.87. The second-order valence-corrected chi connectivity index (χ2v) is 5.66. The van der Waals surface area contributed by atoms with E-state index < -0.39 is 0 Å². The van der Waals surface area contributed by atoms with E-state index in [1.807, 2.05) is 10.5 Å². The Labute approximate surface area is 115 Å². The van der Waals surface area contributed by atoms with Gasteiger partial charge in [-0.15, -0.1) is 11.3 Å². The predicted molar refractivity (Wildman–Crippen MR) is 73.9 cm³/mol. The molecular weight excluding hydrogens is 262 g/mol. The molecule has 19 heavy (non-hydrogen) atoms. The Morgan fingerprint density at radius 1 is 1.63 bits per heavy atom. The van der Waals surface area contributed by atoms with Crippen LogP contribution in [0.5, 0.6) is 0 Å². The molecule has 0 unspecified atom stereocenters. The molecule has 5 nitrogen and oxygen atoms in total. The maximum Gasteiger partial charge on any atom is 0.295 e. The third kappa shape index (κ3) is 2.29. The minimum Gasteiger partial charge on any atom is -0.284 e. The number of fused-ring (bicyclic) bond motifs is 1. The summed E-state index contributed by atoms with van der Waals surface area (Å²) in [4.78, 5) is 23.3. The lowest BCUT2D eigenvalue weighted by Gasteiger charge is -2.13. The number of imidazole rings is 1. The summed E-state index contributed by atoms with van der Waals surface area (Å²) in [6, 6.07) is 0. The van der Waals surface area contributed by atoms with E-state index in [1.165, 1.54) is 25.0 Å². The molecule has 1 aliphatic carbocycles. The molecule has 100 valence electrons. The standard InChI is InChI=1S/C13H15N3O2S/c1-15(18-2)13(17)12-10(6-5-9-3-4-9)19-11-7-14-8-16(11)12/h5-9H,3-4H2,1-2H3/b6-5+. The lowest BCUT2D eigenvalue weighted by atomic mass is 10.3. The molecule has 1 saturated carbocycles. The number of amides is 1. The van der Waals surface area contributed by atoms with Gasteiger partial charge >= 0.3 is 0 Å². The molecule has 0 aliphatic heterocycles. The van der Waals surface area contributed by atoms with E-state index in [0.29, 0.717) is 11.6 Å². The van der Waals surface area contributed by atoms with Gasteiger partial charge in [0.2, 0.25) is 0 Å². The minimum absolute atomic E-state index is 0.165. The number of nitrogens with zero attached hydrogens (tertiary/aromatic N) is 3.